The first-order valence-electron chi connectivity index (χ1n) is 6.59. The number of furan rings is 1. The number of thioether (sulfide) groups is 1. The molecule has 0 spiro atoms. The van der Waals surface area contributed by atoms with Gasteiger partial charge in [-0.3, -0.25) is 4.57 Å². The molecule has 110 valence electrons. The number of H-pyrrole nitrogens is 1. The van der Waals surface area contributed by atoms with E-state index in [0.29, 0.717) is 10.9 Å². The van der Waals surface area contributed by atoms with Crippen molar-refractivity contribution >= 4 is 22.7 Å². The van der Waals surface area contributed by atoms with E-state index in [4.69, 9.17) is 4.42 Å². The number of hydrogen-bond acceptors (Lipinski definition) is 5. The molecule has 3 aromatic rings. The molecule has 1 atom stereocenters. The second-order valence-corrected chi connectivity index (χ2v) is 5.70. The van der Waals surface area contributed by atoms with Crippen LogP contribution in [0.2, 0.25) is 0 Å². The number of nitrogens with one attached hydrogen (secondary N) is 2. The summed E-state index contributed by atoms with van der Waals surface area (Å²) in [4.78, 5) is 11.3. The number of nitrogens with zero attached hydrogens (tertiary/aromatic N) is 2. The van der Waals surface area contributed by atoms with Crippen LogP contribution in [-0.2, 0) is 7.05 Å². The highest BCUT2D eigenvalue weighted by molar-refractivity contribution is 7.99. The highest BCUT2D eigenvalue weighted by atomic mass is 32.2. The maximum Gasteiger partial charge on any atom is 0.343 e. The highest BCUT2D eigenvalue weighted by Crippen LogP contribution is 2.27. The molecule has 0 aliphatic rings. The molecule has 0 radical (unpaired) electrons. The Morgan fingerprint density at radius 2 is 2.29 bits per heavy atom. The zero-order valence-electron chi connectivity index (χ0n) is 11.8. The van der Waals surface area contributed by atoms with Gasteiger partial charge in [-0.1, -0.05) is 30.0 Å². The molecule has 1 unspecified atom stereocenters. The summed E-state index contributed by atoms with van der Waals surface area (Å²) in [6.45, 7) is 0. The molecule has 3 rings (SSSR count). The Balaban J connectivity index is 1.78. The minimum atomic E-state index is -0.206. The Labute approximate surface area is 125 Å². The van der Waals surface area contributed by atoms with Crippen LogP contribution in [0.15, 0.2) is 44.7 Å². The van der Waals surface area contributed by atoms with Crippen molar-refractivity contribution in [3.8, 4) is 0 Å². The van der Waals surface area contributed by atoms with Gasteiger partial charge in [0.25, 0.3) is 0 Å². The summed E-state index contributed by atoms with van der Waals surface area (Å²) in [5.74, 6) is 1.60. The molecule has 0 amide bonds. The van der Waals surface area contributed by atoms with E-state index in [1.165, 1.54) is 16.3 Å². The number of para-hydroxylation sites is 1. The van der Waals surface area contributed by atoms with E-state index >= 15 is 0 Å². The van der Waals surface area contributed by atoms with Crippen molar-refractivity contribution in [2.45, 2.75) is 11.2 Å². The Hall–Kier alpha value is -1.99. The molecule has 2 aromatic heterocycles. The van der Waals surface area contributed by atoms with E-state index in [9.17, 15) is 4.79 Å². The summed E-state index contributed by atoms with van der Waals surface area (Å²) in [5, 5.41) is 11.4. The first-order chi connectivity index (χ1) is 10.2. The van der Waals surface area contributed by atoms with Gasteiger partial charge in [-0.25, -0.2) is 9.89 Å². The van der Waals surface area contributed by atoms with Crippen LogP contribution in [-0.4, -0.2) is 27.6 Å². The summed E-state index contributed by atoms with van der Waals surface area (Å²) in [6, 6.07) is 10.0. The minimum absolute atomic E-state index is 0.0502. The Morgan fingerprint density at radius 1 is 1.48 bits per heavy atom. The van der Waals surface area contributed by atoms with Gasteiger partial charge >= 0.3 is 5.69 Å². The van der Waals surface area contributed by atoms with Crippen molar-refractivity contribution in [2.24, 2.45) is 7.05 Å². The molecule has 0 fully saturated rings. The maximum atomic E-state index is 11.3. The third-order valence-corrected chi connectivity index (χ3v) is 4.48. The average Bonchev–Trinajstić information content (AvgIpc) is 3.05. The number of benzene rings is 1. The van der Waals surface area contributed by atoms with Crippen LogP contribution < -0.4 is 11.0 Å². The molecular formula is C14H16N4O2S. The molecule has 2 N–H and O–H groups in total. The van der Waals surface area contributed by atoms with Gasteiger partial charge < -0.3 is 9.73 Å². The molecule has 0 aliphatic heterocycles. The third-order valence-electron chi connectivity index (χ3n) is 3.35. The van der Waals surface area contributed by atoms with Gasteiger partial charge in [0.15, 0.2) is 5.16 Å². The monoisotopic (exact) mass is 304 g/mol. The lowest BCUT2D eigenvalue weighted by molar-refractivity contribution is 0.479. The fourth-order valence-electron chi connectivity index (χ4n) is 2.10. The predicted octanol–water partition coefficient (Wildman–Crippen LogP) is 1.91. The van der Waals surface area contributed by atoms with Gasteiger partial charge in [0.05, 0.1) is 6.04 Å². The van der Waals surface area contributed by atoms with Gasteiger partial charge in [0.2, 0.25) is 0 Å². The standard InChI is InChI=1S/C14H16N4O2S/c1-15-10(8-21-14-17-16-13(19)18(14)2)12-7-9-5-3-4-6-11(9)20-12/h3-7,10,15H,8H2,1-2H3,(H,16,19). The van der Waals surface area contributed by atoms with Crippen LogP contribution in [0.4, 0.5) is 0 Å². The van der Waals surface area contributed by atoms with Crippen molar-refractivity contribution in [1.82, 2.24) is 20.1 Å². The summed E-state index contributed by atoms with van der Waals surface area (Å²) < 4.78 is 7.37. The molecular weight excluding hydrogens is 288 g/mol. The summed E-state index contributed by atoms with van der Waals surface area (Å²) >= 11 is 1.50. The van der Waals surface area contributed by atoms with Crippen LogP contribution in [0.5, 0.6) is 0 Å². The second-order valence-electron chi connectivity index (χ2n) is 4.71. The number of fused-ring (bicyclic) bond motifs is 1. The van der Waals surface area contributed by atoms with Gasteiger partial charge in [-0.05, 0) is 19.2 Å². The second kappa shape index (κ2) is 5.79. The lowest BCUT2D eigenvalue weighted by atomic mass is 10.2. The van der Waals surface area contributed by atoms with Gasteiger partial charge in [-0.15, -0.1) is 5.10 Å². The molecule has 0 bridgehead atoms. The first-order valence-corrected chi connectivity index (χ1v) is 7.57. The molecule has 0 saturated heterocycles. The SMILES string of the molecule is CNC(CSc1n[nH]c(=O)n1C)c1cc2ccccc2o1. The molecule has 21 heavy (non-hydrogen) atoms. The number of aromatic nitrogens is 3. The topological polar surface area (TPSA) is 75.8 Å². The van der Waals surface area contributed by atoms with Crippen molar-refractivity contribution in [2.75, 3.05) is 12.8 Å². The van der Waals surface area contributed by atoms with E-state index in [1.807, 2.05) is 37.4 Å². The third kappa shape index (κ3) is 2.74. The lowest BCUT2D eigenvalue weighted by Gasteiger charge is -2.12. The fourth-order valence-corrected chi connectivity index (χ4v) is 3.13. The quantitative estimate of drug-likeness (QED) is 0.704. The Bertz CT molecular complexity index is 772. The van der Waals surface area contributed by atoms with Crippen molar-refractivity contribution in [3.05, 3.63) is 46.6 Å². The van der Waals surface area contributed by atoms with E-state index in [2.05, 4.69) is 15.5 Å². The fraction of sp³-hybridized carbons (Fsp3) is 0.286. The molecule has 0 saturated carbocycles. The first kappa shape index (κ1) is 14.0. The van der Waals surface area contributed by atoms with Gasteiger partial charge in [0.1, 0.15) is 11.3 Å². The van der Waals surface area contributed by atoms with Gasteiger partial charge in [-0.2, -0.15) is 0 Å². The van der Waals surface area contributed by atoms with E-state index < -0.39 is 0 Å². The summed E-state index contributed by atoms with van der Waals surface area (Å²) in [6.07, 6.45) is 0. The number of aromatic amines is 1. The molecule has 2 heterocycles. The van der Waals surface area contributed by atoms with Crippen LogP contribution in [0.25, 0.3) is 11.0 Å². The number of rotatable bonds is 5. The largest absolute Gasteiger partial charge is 0.459 e. The summed E-state index contributed by atoms with van der Waals surface area (Å²) in [5.41, 5.74) is 0.673. The molecule has 7 heteroatoms. The molecule has 6 nitrogen and oxygen atoms in total. The summed E-state index contributed by atoms with van der Waals surface area (Å²) in [7, 11) is 3.59. The lowest BCUT2D eigenvalue weighted by Crippen LogP contribution is -2.19. The van der Waals surface area contributed by atoms with E-state index in [1.54, 1.807) is 7.05 Å². The predicted molar refractivity (Wildman–Crippen MR) is 82.6 cm³/mol. The van der Waals surface area contributed by atoms with Crippen LogP contribution >= 0.6 is 11.8 Å². The zero-order chi connectivity index (χ0) is 14.8. The van der Waals surface area contributed by atoms with Crippen LogP contribution in [0.3, 0.4) is 0 Å². The highest BCUT2D eigenvalue weighted by Gasteiger charge is 2.16. The zero-order valence-corrected chi connectivity index (χ0v) is 12.6. The Morgan fingerprint density at radius 3 is 2.95 bits per heavy atom. The van der Waals surface area contributed by atoms with E-state index in [-0.39, 0.29) is 11.7 Å². The van der Waals surface area contributed by atoms with Crippen molar-refractivity contribution < 1.29 is 4.42 Å². The van der Waals surface area contributed by atoms with Crippen LogP contribution in [0.1, 0.15) is 11.8 Å². The Kier molecular flexibility index (Phi) is 3.85. The smallest absolute Gasteiger partial charge is 0.343 e. The van der Waals surface area contributed by atoms with E-state index in [0.717, 1.165) is 16.7 Å². The minimum Gasteiger partial charge on any atom is -0.459 e. The van der Waals surface area contributed by atoms with Crippen molar-refractivity contribution in [1.29, 1.82) is 0 Å². The molecule has 1 aromatic carbocycles. The molecule has 0 aliphatic carbocycles. The van der Waals surface area contributed by atoms with Crippen molar-refractivity contribution in [3.63, 3.8) is 0 Å². The normalized spacial score (nSPS) is 12.9. The maximum absolute atomic E-state index is 11.3. The van der Waals surface area contributed by atoms with Gasteiger partial charge in [0, 0.05) is 18.2 Å². The average molecular weight is 304 g/mol. The number of hydrogen-bond donors (Lipinski definition) is 2. The van der Waals surface area contributed by atoms with Crippen LogP contribution in [0, 0.1) is 0 Å².